The van der Waals surface area contributed by atoms with Gasteiger partial charge in [0.2, 0.25) is 0 Å². The number of hydrogen-bond donors (Lipinski definition) is 1. The second-order valence-electron chi connectivity index (χ2n) is 3.90. The number of carbonyl (C=O) groups excluding carboxylic acids is 1. The van der Waals surface area contributed by atoms with Crippen molar-refractivity contribution in [3.8, 4) is 0 Å². The van der Waals surface area contributed by atoms with E-state index >= 15 is 0 Å². The lowest BCUT2D eigenvalue weighted by atomic mass is 10.4. The average Bonchev–Trinajstić information content (AvgIpc) is 2.74. The third-order valence-corrected chi connectivity index (χ3v) is 5.92. The number of nitrogens with one attached hydrogen (secondary N) is 1. The summed E-state index contributed by atoms with van der Waals surface area (Å²) in [5.74, 6) is -0.253. The minimum atomic E-state index is -4.00. The van der Waals surface area contributed by atoms with Gasteiger partial charge in [0.15, 0.2) is 10.9 Å². The number of aromatic nitrogens is 1. The van der Waals surface area contributed by atoms with E-state index in [0.29, 0.717) is 4.47 Å². The van der Waals surface area contributed by atoms with Crippen LogP contribution in [0.4, 0.5) is 5.13 Å². The molecular formula is C11H7BrCl2N2O3S2. The van der Waals surface area contributed by atoms with Gasteiger partial charge in [0, 0.05) is 16.8 Å². The summed E-state index contributed by atoms with van der Waals surface area (Å²) in [6.45, 7) is 1.34. The number of nitrogens with zero attached hydrogens (tertiary/aromatic N) is 1. The Morgan fingerprint density at radius 3 is 2.38 bits per heavy atom. The molecule has 10 heteroatoms. The highest BCUT2D eigenvalue weighted by Gasteiger charge is 2.24. The Balaban J connectivity index is 2.41. The largest absolute Gasteiger partial charge is 0.293 e. The predicted octanol–water partition coefficient (Wildman–Crippen LogP) is 4.22. The van der Waals surface area contributed by atoms with Gasteiger partial charge in [0.1, 0.15) is 10.6 Å². The Labute approximate surface area is 143 Å². The van der Waals surface area contributed by atoms with Crippen LogP contribution in [0.2, 0.25) is 10.0 Å². The van der Waals surface area contributed by atoms with E-state index in [-0.39, 0.29) is 31.5 Å². The van der Waals surface area contributed by atoms with Gasteiger partial charge in [-0.25, -0.2) is 13.4 Å². The number of Topliss-reactive ketones (excluding diaryl/α,β-unsaturated/α-hetero) is 1. The first-order valence-corrected chi connectivity index (χ1v) is 9.25. The Morgan fingerprint density at radius 1 is 1.33 bits per heavy atom. The van der Waals surface area contributed by atoms with Crippen LogP contribution in [-0.4, -0.2) is 19.2 Å². The van der Waals surface area contributed by atoms with Crippen molar-refractivity contribution in [3.63, 3.8) is 0 Å². The number of anilines is 1. The van der Waals surface area contributed by atoms with Crippen molar-refractivity contribution in [2.24, 2.45) is 0 Å². The fourth-order valence-electron chi connectivity index (χ4n) is 1.43. The van der Waals surface area contributed by atoms with Gasteiger partial charge in [-0.3, -0.25) is 9.52 Å². The zero-order chi connectivity index (χ0) is 15.8. The van der Waals surface area contributed by atoms with Crippen LogP contribution in [0, 0.1) is 0 Å². The molecule has 0 amide bonds. The lowest BCUT2D eigenvalue weighted by Crippen LogP contribution is -2.14. The molecule has 0 spiro atoms. The Hall–Kier alpha value is -0.670. The van der Waals surface area contributed by atoms with Crippen molar-refractivity contribution in [3.05, 3.63) is 37.7 Å². The molecule has 0 saturated heterocycles. The molecule has 0 radical (unpaired) electrons. The molecule has 0 aliphatic rings. The molecule has 0 bridgehead atoms. The number of rotatable bonds is 4. The van der Waals surface area contributed by atoms with E-state index in [1.807, 2.05) is 0 Å². The molecule has 1 aromatic heterocycles. The summed E-state index contributed by atoms with van der Waals surface area (Å²) in [6.07, 6.45) is 0. The van der Waals surface area contributed by atoms with Crippen molar-refractivity contribution < 1.29 is 13.2 Å². The minimum absolute atomic E-state index is 0.0229. The second kappa shape index (κ2) is 6.21. The summed E-state index contributed by atoms with van der Waals surface area (Å²) in [5.41, 5.74) is 0.186. The summed E-state index contributed by atoms with van der Waals surface area (Å²) in [4.78, 5) is 14.8. The SMILES string of the molecule is CC(=O)c1csc(NS(=O)(=O)c2c(Cl)cc(Br)cc2Cl)n1. The van der Waals surface area contributed by atoms with E-state index in [2.05, 4.69) is 25.6 Å². The van der Waals surface area contributed by atoms with E-state index in [1.165, 1.54) is 24.4 Å². The van der Waals surface area contributed by atoms with Crippen LogP contribution in [0.5, 0.6) is 0 Å². The molecular weight excluding hydrogens is 423 g/mol. The summed E-state index contributed by atoms with van der Waals surface area (Å²) in [7, 11) is -4.00. The molecule has 1 aromatic carbocycles. The third kappa shape index (κ3) is 3.75. The maximum Gasteiger partial charge on any atom is 0.266 e. The first-order chi connectivity index (χ1) is 9.70. The molecule has 1 heterocycles. The molecule has 0 atom stereocenters. The molecule has 0 unspecified atom stereocenters. The number of halogens is 3. The molecule has 2 aromatic rings. The van der Waals surface area contributed by atoms with Gasteiger partial charge in [-0.1, -0.05) is 39.1 Å². The molecule has 0 aliphatic carbocycles. The van der Waals surface area contributed by atoms with Crippen LogP contribution >= 0.6 is 50.5 Å². The van der Waals surface area contributed by atoms with Crippen LogP contribution < -0.4 is 4.72 Å². The monoisotopic (exact) mass is 428 g/mol. The van der Waals surface area contributed by atoms with Crippen molar-refractivity contribution in [1.82, 2.24) is 4.98 Å². The fraction of sp³-hybridized carbons (Fsp3) is 0.0909. The summed E-state index contributed by atoms with van der Waals surface area (Å²) in [5, 5.41) is 1.48. The Kier molecular flexibility index (Phi) is 4.94. The molecule has 0 saturated carbocycles. The number of thiazole rings is 1. The fourth-order valence-corrected chi connectivity index (χ4v) is 5.38. The first kappa shape index (κ1) is 16.7. The Morgan fingerprint density at radius 2 is 1.90 bits per heavy atom. The van der Waals surface area contributed by atoms with E-state index < -0.39 is 10.0 Å². The number of carbonyl (C=O) groups is 1. The van der Waals surface area contributed by atoms with Crippen LogP contribution in [0.1, 0.15) is 17.4 Å². The third-order valence-electron chi connectivity index (χ3n) is 2.32. The highest BCUT2D eigenvalue weighted by Crippen LogP contribution is 2.34. The average molecular weight is 430 g/mol. The zero-order valence-corrected chi connectivity index (χ0v) is 15.1. The topological polar surface area (TPSA) is 76.1 Å². The van der Waals surface area contributed by atoms with Crippen molar-refractivity contribution in [2.45, 2.75) is 11.8 Å². The zero-order valence-electron chi connectivity index (χ0n) is 10.4. The molecule has 0 aliphatic heterocycles. The number of hydrogen-bond acceptors (Lipinski definition) is 5. The van der Waals surface area contributed by atoms with Gasteiger partial charge < -0.3 is 0 Å². The van der Waals surface area contributed by atoms with E-state index in [1.54, 1.807) is 0 Å². The van der Waals surface area contributed by atoms with Crippen molar-refractivity contribution in [1.29, 1.82) is 0 Å². The van der Waals surface area contributed by atoms with E-state index in [4.69, 9.17) is 23.2 Å². The molecule has 0 fully saturated rings. The van der Waals surface area contributed by atoms with E-state index in [9.17, 15) is 13.2 Å². The van der Waals surface area contributed by atoms with Gasteiger partial charge in [-0.15, -0.1) is 11.3 Å². The van der Waals surface area contributed by atoms with Gasteiger partial charge >= 0.3 is 0 Å². The highest BCUT2D eigenvalue weighted by molar-refractivity contribution is 9.10. The normalized spacial score (nSPS) is 11.4. The second-order valence-corrected chi connectivity index (χ2v) is 8.11. The van der Waals surface area contributed by atoms with Crippen LogP contribution in [0.15, 0.2) is 26.9 Å². The van der Waals surface area contributed by atoms with Gasteiger partial charge in [0.05, 0.1) is 10.0 Å². The number of ketones is 1. The minimum Gasteiger partial charge on any atom is -0.293 e. The predicted molar refractivity (Wildman–Crippen MR) is 87.1 cm³/mol. The molecule has 21 heavy (non-hydrogen) atoms. The Bertz CT molecular complexity index is 798. The lowest BCUT2D eigenvalue weighted by Gasteiger charge is -2.09. The summed E-state index contributed by atoms with van der Waals surface area (Å²) in [6, 6.07) is 2.84. The standard InChI is InChI=1S/C11H7BrCl2N2O3S2/c1-5(17)9-4-20-11(15-9)16-21(18,19)10-7(13)2-6(12)3-8(10)14/h2-4H,1H3,(H,15,16). The first-order valence-electron chi connectivity index (χ1n) is 5.34. The van der Waals surface area contributed by atoms with Gasteiger partial charge in [-0.05, 0) is 12.1 Å². The van der Waals surface area contributed by atoms with Crippen molar-refractivity contribution >= 4 is 71.4 Å². The maximum atomic E-state index is 12.3. The number of benzene rings is 1. The highest BCUT2D eigenvalue weighted by atomic mass is 79.9. The lowest BCUT2D eigenvalue weighted by molar-refractivity contribution is 0.101. The molecule has 5 nitrogen and oxygen atoms in total. The quantitative estimate of drug-likeness (QED) is 0.738. The van der Waals surface area contributed by atoms with Gasteiger partial charge in [0.25, 0.3) is 10.0 Å². The van der Waals surface area contributed by atoms with Crippen LogP contribution in [0.25, 0.3) is 0 Å². The summed E-state index contributed by atoms with van der Waals surface area (Å²) >= 11 is 16.0. The van der Waals surface area contributed by atoms with E-state index in [0.717, 1.165) is 11.3 Å². The molecule has 1 N–H and O–H groups in total. The molecule has 2 rings (SSSR count). The van der Waals surface area contributed by atoms with Crippen LogP contribution in [-0.2, 0) is 10.0 Å². The molecule has 112 valence electrons. The summed E-state index contributed by atoms with van der Waals surface area (Å²) < 4.78 is 27.5. The smallest absolute Gasteiger partial charge is 0.266 e. The van der Waals surface area contributed by atoms with Gasteiger partial charge in [-0.2, -0.15) is 0 Å². The maximum absolute atomic E-state index is 12.3. The van der Waals surface area contributed by atoms with Crippen LogP contribution in [0.3, 0.4) is 0 Å². The number of sulfonamides is 1. The van der Waals surface area contributed by atoms with Crippen molar-refractivity contribution in [2.75, 3.05) is 4.72 Å².